The summed E-state index contributed by atoms with van der Waals surface area (Å²) in [6.45, 7) is 0.743. The first-order chi connectivity index (χ1) is 2.00. The SMILES string of the molecule is CP(=O)([O-])O.[Na+].[Na]. The first-order valence-electron chi connectivity index (χ1n) is 1.01. The van der Waals surface area contributed by atoms with E-state index in [2.05, 4.69) is 0 Å². The average molecular weight is 141 g/mol. The molecule has 6 heteroatoms. The van der Waals surface area contributed by atoms with Crippen molar-refractivity contribution >= 4 is 37.2 Å². The molecule has 1 N–H and O–H groups in total. The van der Waals surface area contributed by atoms with Gasteiger partial charge in [0.1, 0.15) is 7.60 Å². The molecule has 0 aromatic carbocycles. The molecule has 7 heavy (non-hydrogen) atoms. The van der Waals surface area contributed by atoms with E-state index in [1.807, 2.05) is 0 Å². The van der Waals surface area contributed by atoms with Gasteiger partial charge in [0.25, 0.3) is 0 Å². The van der Waals surface area contributed by atoms with Crippen LogP contribution in [-0.2, 0) is 4.57 Å². The maximum absolute atomic E-state index is 9.22. The molecule has 0 rings (SSSR count). The predicted molar refractivity (Wildman–Crippen MR) is 21.5 cm³/mol. The zero-order valence-electron chi connectivity index (χ0n) is 4.71. The summed E-state index contributed by atoms with van der Waals surface area (Å²) < 4.78 is 9.22. The van der Waals surface area contributed by atoms with Crippen molar-refractivity contribution < 1.29 is 43.9 Å². The summed E-state index contributed by atoms with van der Waals surface area (Å²) in [6.07, 6.45) is 0. The normalized spacial score (nSPS) is 15.3. The quantitative estimate of drug-likeness (QED) is 0.275. The van der Waals surface area contributed by atoms with E-state index in [1.54, 1.807) is 0 Å². The van der Waals surface area contributed by atoms with Gasteiger partial charge < -0.3 is 14.4 Å². The fourth-order valence-electron chi connectivity index (χ4n) is 0. The van der Waals surface area contributed by atoms with Crippen molar-refractivity contribution in [1.29, 1.82) is 0 Å². The van der Waals surface area contributed by atoms with Crippen LogP contribution in [0.25, 0.3) is 0 Å². The fourth-order valence-corrected chi connectivity index (χ4v) is 0. The van der Waals surface area contributed by atoms with Gasteiger partial charge in [0.2, 0.25) is 0 Å². The van der Waals surface area contributed by atoms with E-state index in [-0.39, 0.29) is 59.1 Å². The standard InChI is InChI=1S/CH5O3P.2Na/c1-5(2,3)4;;/h1H3,(H2,2,3,4);;/q;;+1/p-1. The molecule has 1 unspecified atom stereocenters. The van der Waals surface area contributed by atoms with E-state index < -0.39 is 7.60 Å². The Hall–Kier alpha value is 2.15. The van der Waals surface area contributed by atoms with Crippen LogP contribution in [0.3, 0.4) is 0 Å². The van der Waals surface area contributed by atoms with Crippen LogP contribution in [0.5, 0.6) is 0 Å². The van der Waals surface area contributed by atoms with Crippen LogP contribution in [0, 0.1) is 0 Å². The first kappa shape index (κ1) is 16.1. The minimum Gasteiger partial charge on any atom is -0.779 e. The van der Waals surface area contributed by atoms with Crippen molar-refractivity contribution in [2.75, 3.05) is 6.66 Å². The van der Waals surface area contributed by atoms with Crippen molar-refractivity contribution in [2.45, 2.75) is 0 Å². The smallest absolute Gasteiger partial charge is 0.779 e. The van der Waals surface area contributed by atoms with Crippen LogP contribution >= 0.6 is 7.60 Å². The molecular formula is CH4Na2O3P. The topological polar surface area (TPSA) is 60.4 Å². The zero-order valence-corrected chi connectivity index (χ0v) is 9.61. The molecule has 1 atom stereocenters. The Morgan fingerprint density at radius 3 is 1.71 bits per heavy atom. The van der Waals surface area contributed by atoms with E-state index in [1.165, 1.54) is 0 Å². The third kappa shape index (κ3) is 66.7. The molecule has 0 saturated carbocycles. The number of rotatable bonds is 0. The van der Waals surface area contributed by atoms with Gasteiger partial charge in [0.05, 0.1) is 0 Å². The van der Waals surface area contributed by atoms with Crippen molar-refractivity contribution in [3.05, 3.63) is 0 Å². The Kier molecular flexibility index (Phi) is 14.4. The molecule has 3 nitrogen and oxygen atoms in total. The van der Waals surface area contributed by atoms with E-state index in [9.17, 15) is 9.46 Å². The van der Waals surface area contributed by atoms with Gasteiger partial charge in [-0.15, -0.1) is 0 Å². The molecule has 1 radical (unpaired) electrons. The predicted octanol–water partition coefficient (Wildman–Crippen LogP) is -4.21. The monoisotopic (exact) mass is 141 g/mol. The van der Waals surface area contributed by atoms with E-state index >= 15 is 0 Å². The molecule has 0 heterocycles. The molecule has 0 aliphatic rings. The summed E-state index contributed by atoms with van der Waals surface area (Å²) in [4.78, 5) is 16.7. The third-order valence-electron chi connectivity index (χ3n) is 0. The molecule has 33 valence electrons. The Bertz CT molecular complexity index is 59.1. The minimum absolute atomic E-state index is 0. The van der Waals surface area contributed by atoms with Crippen LogP contribution in [0.2, 0.25) is 0 Å². The van der Waals surface area contributed by atoms with Gasteiger partial charge in [-0.05, 0) is 0 Å². The summed E-state index contributed by atoms with van der Waals surface area (Å²) >= 11 is 0. The summed E-state index contributed by atoms with van der Waals surface area (Å²) in [5.41, 5.74) is 0. The van der Waals surface area contributed by atoms with Gasteiger partial charge in [-0.25, -0.2) is 0 Å². The molecule has 0 bridgehead atoms. The van der Waals surface area contributed by atoms with Crippen molar-refractivity contribution in [2.24, 2.45) is 0 Å². The molecule has 0 aromatic heterocycles. The van der Waals surface area contributed by atoms with E-state index in [0.29, 0.717) is 0 Å². The van der Waals surface area contributed by atoms with Gasteiger partial charge in [-0.3, -0.25) is 0 Å². The molecule has 0 saturated heterocycles. The summed E-state index contributed by atoms with van der Waals surface area (Å²) in [5, 5.41) is 0. The van der Waals surface area contributed by atoms with Crippen LogP contribution in [0.15, 0.2) is 0 Å². The van der Waals surface area contributed by atoms with Gasteiger partial charge >= 0.3 is 29.6 Å². The summed E-state index contributed by atoms with van der Waals surface area (Å²) in [6, 6.07) is 0. The Labute approximate surface area is 86.6 Å². The van der Waals surface area contributed by atoms with Crippen molar-refractivity contribution in [3.63, 3.8) is 0 Å². The van der Waals surface area contributed by atoms with Crippen LogP contribution in [0.1, 0.15) is 0 Å². The number of hydrogen-bond acceptors (Lipinski definition) is 2. The van der Waals surface area contributed by atoms with Gasteiger partial charge in [0, 0.05) is 36.2 Å². The fraction of sp³-hybridized carbons (Fsp3) is 1.00. The Morgan fingerprint density at radius 2 is 1.71 bits per heavy atom. The second-order valence-electron chi connectivity index (χ2n) is 0.803. The van der Waals surface area contributed by atoms with Crippen LogP contribution < -0.4 is 34.5 Å². The molecular weight excluding hydrogens is 137 g/mol. The number of hydrogen-bond donors (Lipinski definition) is 1. The van der Waals surface area contributed by atoms with Crippen molar-refractivity contribution in [1.82, 2.24) is 0 Å². The third-order valence-corrected chi connectivity index (χ3v) is 0. The minimum atomic E-state index is -3.89. The summed E-state index contributed by atoms with van der Waals surface area (Å²) in [7, 11) is -3.89. The van der Waals surface area contributed by atoms with E-state index in [4.69, 9.17) is 4.89 Å². The molecule has 0 amide bonds. The molecule has 0 aliphatic heterocycles. The molecule has 0 aliphatic carbocycles. The first-order valence-corrected chi connectivity index (χ1v) is 3.04. The Morgan fingerprint density at radius 1 is 1.71 bits per heavy atom. The van der Waals surface area contributed by atoms with Crippen molar-refractivity contribution in [3.8, 4) is 0 Å². The second kappa shape index (κ2) is 6.27. The molecule has 0 spiro atoms. The van der Waals surface area contributed by atoms with Gasteiger partial charge in [0.15, 0.2) is 0 Å². The van der Waals surface area contributed by atoms with Gasteiger partial charge in [-0.1, -0.05) is 0 Å². The average Bonchev–Trinajstić information content (AvgIpc) is 0.722. The van der Waals surface area contributed by atoms with Crippen LogP contribution in [-0.4, -0.2) is 41.1 Å². The summed E-state index contributed by atoms with van der Waals surface area (Å²) in [5.74, 6) is 0. The molecule has 0 aromatic rings. The second-order valence-corrected chi connectivity index (χ2v) is 2.41. The van der Waals surface area contributed by atoms with Crippen LogP contribution in [0.4, 0.5) is 0 Å². The van der Waals surface area contributed by atoms with E-state index in [0.717, 1.165) is 6.66 Å². The largest absolute Gasteiger partial charge is 1.00 e. The maximum atomic E-state index is 9.22. The Balaban J connectivity index is -0.0000000800. The molecule has 0 fully saturated rings. The zero-order chi connectivity index (χ0) is 4.50. The maximum Gasteiger partial charge on any atom is 1.00 e. The van der Waals surface area contributed by atoms with Gasteiger partial charge in [-0.2, -0.15) is 0 Å².